The third-order valence-corrected chi connectivity index (χ3v) is 4.17. The molecule has 0 bridgehead atoms. The second-order valence-electron chi connectivity index (χ2n) is 4.99. The van der Waals surface area contributed by atoms with Crippen LogP contribution in [-0.2, 0) is 17.5 Å². The lowest BCUT2D eigenvalue weighted by atomic mass is 10.2. The van der Waals surface area contributed by atoms with E-state index in [4.69, 9.17) is 0 Å². The van der Waals surface area contributed by atoms with Crippen LogP contribution in [-0.4, -0.2) is 27.8 Å². The lowest BCUT2D eigenvalue weighted by Gasteiger charge is -2.09. The van der Waals surface area contributed by atoms with Gasteiger partial charge >= 0.3 is 6.18 Å². The first-order valence-electron chi connectivity index (χ1n) is 7.33. The van der Waals surface area contributed by atoms with E-state index in [1.54, 1.807) is 4.57 Å². The monoisotopic (exact) mass is 345 g/mol. The van der Waals surface area contributed by atoms with Gasteiger partial charge in [0.25, 0.3) is 0 Å². The number of halogens is 3. The Hall–Kier alpha value is -1.70. The van der Waals surface area contributed by atoms with Gasteiger partial charge in [0.2, 0.25) is 5.91 Å². The number of alkyl halides is 3. The lowest BCUT2D eigenvalue weighted by Crippen LogP contribution is -2.24. The highest BCUT2D eigenvalue weighted by Gasteiger charge is 2.31. The SMILES string of the molecule is CCCn1c(SCC(=O)NCC)nc2ccc(C(F)(F)F)cc21. The molecule has 0 unspecified atom stereocenters. The molecule has 0 spiro atoms. The number of carbonyl (C=O) groups excluding carboxylic acids is 1. The van der Waals surface area contributed by atoms with Crippen LogP contribution in [0.25, 0.3) is 11.0 Å². The van der Waals surface area contributed by atoms with Gasteiger partial charge in [0.15, 0.2) is 5.16 Å². The maximum Gasteiger partial charge on any atom is 0.416 e. The summed E-state index contributed by atoms with van der Waals surface area (Å²) < 4.78 is 40.4. The van der Waals surface area contributed by atoms with Crippen molar-refractivity contribution in [2.75, 3.05) is 12.3 Å². The fraction of sp³-hybridized carbons (Fsp3) is 0.467. The predicted octanol–water partition coefficient (Wildman–Crippen LogP) is 3.69. The summed E-state index contributed by atoms with van der Waals surface area (Å²) in [5.74, 6) is 0.0658. The van der Waals surface area contributed by atoms with Crippen molar-refractivity contribution < 1.29 is 18.0 Å². The van der Waals surface area contributed by atoms with Gasteiger partial charge in [-0.25, -0.2) is 4.98 Å². The summed E-state index contributed by atoms with van der Waals surface area (Å²) >= 11 is 1.23. The second-order valence-corrected chi connectivity index (χ2v) is 5.93. The van der Waals surface area contributed by atoms with E-state index < -0.39 is 11.7 Å². The molecule has 2 rings (SSSR count). The summed E-state index contributed by atoms with van der Waals surface area (Å²) in [6.45, 7) is 4.86. The zero-order valence-corrected chi connectivity index (χ0v) is 13.7. The highest BCUT2D eigenvalue weighted by molar-refractivity contribution is 7.99. The molecular weight excluding hydrogens is 327 g/mol. The Bertz CT molecular complexity index is 697. The van der Waals surface area contributed by atoms with Crippen molar-refractivity contribution in [2.45, 2.75) is 38.1 Å². The summed E-state index contributed by atoms with van der Waals surface area (Å²) in [6, 6.07) is 3.53. The summed E-state index contributed by atoms with van der Waals surface area (Å²) in [5.41, 5.74) is 0.257. The molecule has 1 heterocycles. The van der Waals surface area contributed by atoms with E-state index in [1.165, 1.54) is 17.8 Å². The number of nitrogens with one attached hydrogen (secondary N) is 1. The van der Waals surface area contributed by atoms with Crippen LogP contribution >= 0.6 is 11.8 Å². The number of amides is 1. The molecule has 0 saturated heterocycles. The molecule has 0 atom stereocenters. The predicted molar refractivity (Wildman–Crippen MR) is 84.4 cm³/mol. The van der Waals surface area contributed by atoms with E-state index in [-0.39, 0.29) is 11.7 Å². The molecule has 8 heteroatoms. The number of aryl methyl sites for hydroxylation is 1. The number of imidazole rings is 1. The number of benzene rings is 1. The minimum Gasteiger partial charge on any atom is -0.356 e. The lowest BCUT2D eigenvalue weighted by molar-refractivity contribution is -0.137. The molecule has 1 aromatic carbocycles. The number of nitrogens with zero attached hydrogens (tertiary/aromatic N) is 2. The number of fused-ring (bicyclic) bond motifs is 1. The largest absolute Gasteiger partial charge is 0.416 e. The van der Waals surface area contributed by atoms with E-state index in [2.05, 4.69) is 10.3 Å². The number of aromatic nitrogens is 2. The van der Waals surface area contributed by atoms with Gasteiger partial charge in [-0.15, -0.1) is 0 Å². The highest BCUT2D eigenvalue weighted by Crippen LogP contribution is 2.33. The minimum atomic E-state index is -4.39. The Morgan fingerprint density at radius 3 is 2.70 bits per heavy atom. The second kappa shape index (κ2) is 7.25. The summed E-state index contributed by atoms with van der Waals surface area (Å²) in [6.07, 6.45) is -3.62. The van der Waals surface area contributed by atoms with Crippen molar-refractivity contribution in [2.24, 2.45) is 0 Å². The van der Waals surface area contributed by atoms with Crippen LogP contribution in [0.4, 0.5) is 13.2 Å². The molecule has 0 saturated carbocycles. The summed E-state index contributed by atoms with van der Waals surface area (Å²) in [7, 11) is 0. The molecule has 0 aliphatic carbocycles. The zero-order valence-electron chi connectivity index (χ0n) is 12.9. The topological polar surface area (TPSA) is 46.9 Å². The van der Waals surface area contributed by atoms with Crippen LogP contribution in [0, 0.1) is 0 Å². The van der Waals surface area contributed by atoms with Crippen molar-refractivity contribution >= 4 is 28.7 Å². The zero-order chi connectivity index (χ0) is 17.0. The smallest absolute Gasteiger partial charge is 0.356 e. The Kier molecular flexibility index (Phi) is 5.56. The van der Waals surface area contributed by atoms with E-state index >= 15 is 0 Å². The molecule has 4 nitrogen and oxygen atoms in total. The van der Waals surface area contributed by atoms with Crippen molar-refractivity contribution in [1.29, 1.82) is 0 Å². The Morgan fingerprint density at radius 2 is 2.09 bits per heavy atom. The first kappa shape index (κ1) is 17.7. The standard InChI is InChI=1S/C15H18F3N3OS/c1-3-7-21-12-8-10(15(16,17)18)5-6-11(12)20-14(21)23-9-13(22)19-4-2/h5-6,8H,3-4,7,9H2,1-2H3,(H,19,22). The number of hydrogen-bond donors (Lipinski definition) is 1. The molecule has 1 aromatic heterocycles. The van der Waals surface area contributed by atoms with Crippen molar-refractivity contribution in [3.8, 4) is 0 Å². The number of carbonyl (C=O) groups is 1. The van der Waals surface area contributed by atoms with Crippen molar-refractivity contribution in [3.63, 3.8) is 0 Å². The minimum absolute atomic E-state index is 0.122. The van der Waals surface area contributed by atoms with Crippen LogP contribution in [0.3, 0.4) is 0 Å². The average Bonchev–Trinajstić information content (AvgIpc) is 2.82. The molecular formula is C15H18F3N3OS. The Morgan fingerprint density at radius 1 is 1.35 bits per heavy atom. The van der Waals surface area contributed by atoms with E-state index in [0.29, 0.717) is 29.3 Å². The molecule has 2 aromatic rings. The Balaban J connectivity index is 2.36. The van der Waals surface area contributed by atoms with Gasteiger partial charge in [0.1, 0.15) is 0 Å². The van der Waals surface area contributed by atoms with Gasteiger partial charge < -0.3 is 9.88 Å². The van der Waals surface area contributed by atoms with E-state index in [1.807, 2.05) is 13.8 Å². The highest BCUT2D eigenvalue weighted by atomic mass is 32.2. The number of hydrogen-bond acceptors (Lipinski definition) is 3. The maximum atomic E-state index is 12.9. The third kappa shape index (κ3) is 4.19. The van der Waals surface area contributed by atoms with Crippen LogP contribution in [0.1, 0.15) is 25.8 Å². The molecule has 0 fully saturated rings. The molecule has 126 valence electrons. The molecule has 0 aliphatic rings. The third-order valence-electron chi connectivity index (χ3n) is 3.19. The molecule has 1 amide bonds. The van der Waals surface area contributed by atoms with Crippen LogP contribution in [0.5, 0.6) is 0 Å². The number of thioether (sulfide) groups is 1. The molecule has 1 N–H and O–H groups in total. The van der Waals surface area contributed by atoms with Crippen LogP contribution < -0.4 is 5.32 Å². The van der Waals surface area contributed by atoms with Gasteiger partial charge in [-0.3, -0.25) is 4.79 Å². The van der Waals surface area contributed by atoms with E-state index in [0.717, 1.165) is 18.6 Å². The molecule has 23 heavy (non-hydrogen) atoms. The quantitative estimate of drug-likeness (QED) is 0.812. The average molecular weight is 345 g/mol. The number of rotatable bonds is 6. The van der Waals surface area contributed by atoms with Gasteiger partial charge in [-0.05, 0) is 31.5 Å². The first-order chi connectivity index (χ1) is 10.9. The Labute approximate surface area is 136 Å². The summed E-state index contributed by atoms with van der Waals surface area (Å²) in [4.78, 5) is 15.9. The van der Waals surface area contributed by atoms with E-state index in [9.17, 15) is 18.0 Å². The van der Waals surface area contributed by atoms with Crippen LogP contribution in [0.15, 0.2) is 23.4 Å². The first-order valence-corrected chi connectivity index (χ1v) is 8.32. The maximum absolute atomic E-state index is 12.9. The van der Waals surface area contributed by atoms with Crippen LogP contribution in [0.2, 0.25) is 0 Å². The molecule has 0 radical (unpaired) electrons. The van der Waals surface area contributed by atoms with Gasteiger partial charge in [-0.1, -0.05) is 18.7 Å². The van der Waals surface area contributed by atoms with Crippen molar-refractivity contribution in [3.05, 3.63) is 23.8 Å². The normalized spacial score (nSPS) is 11.9. The molecule has 0 aliphatic heterocycles. The fourth-order valence-corrected chi connectivity index (χ4v) is 3.08. The fourth-order valence-electron chi connectivity index (χ4n) is 2.21. The summed E-state index contributed by atoms with van der Waals surface area (Å²) in [5, 5.41) is 3.25. The van der Waals surface area contributed by atoms with Gasteiger partial charge in [0.05, 0.1) is 22.3 Å². The van der Waals surface area contributed by atoms with Crippen molar-refractivity contribution in [1.82, 2.24) is 14.9 Å². The van der Waals surface area contributed by atoms with Gasteiger partial charge in [-0.2, -0.15) is 13.2 Å². The van der Waals surface area contributed by atoms with Gasteiger partial charge in [0, 0.05) is 13.1 Å².